The van der Waals surface area contributed by atoms with Crippen molar-refractivity contribution in [2.45, 2.75) is 24.2 Å². The van der Waals surface area contributed by atoms with Gasteiger partial charge in [-0.3, -0.25) is 4.98 Å². The number of rotatable bonds is 7. The fourth-order valence-corrected chi connectivity index (χ4v) is 6.19. The number of aromatic nitrogens is 2. The van der Waals surface area contributed by atoms with E-state index in [1.165, 1.54) is 12.1 Å². The van der Waals surface area contributed by atoms with Crippen molar-refractivity contribution >= 4 is 40.2 Å². The lowest BCUT2D eigenvalue weighted by Gasteiger charge is -2.20. The summed E-state index contributed by atoms with van der Waals surface area (Å²) in [5.41, 5.74) is 5.05. The van der Waals surface area contributed by atoms with E-state index in [1.54, 1.807) is 42.2 Å². The van der Waals surface area contributed by atoms with Crippen LogP contribution in [-0.2, 0) is 19.0 Å². The van der Waals surface area contributed by atoms with Gasteiger partial charge < -0.3 is 14.6 Å². The molecule has 1 atom stereocenters. The van der Waals surface area contributed by atoms with E-state index < -0.39 is 11.8 Å². The molecule has 6 nitrogen and oxygen atoms in total. The van der Waals surface area contributed by atoms with Gasteiger partial charge in [-0.2, -0.15) is 0 Å². The number of aromatic carboxylic acids is 1. The summed E-state index contributed by atoms with van der Waals surface area (Å²) < 4.78 is 26.0. The van der Waals surface area contributed by atoms with E-state index in [9.17, 15) is 14.3 Å². The maximum atomic E-state index is 13.8. The minimum absolute atomic E-state index is 0.0214. The quantitative estimate of drug-likeness (QED) is 0.215. The molecule has 1 N–H and O–H groups in total. The third kappa shape index (κ3) is 5.33. The molecule has 0 saturated heterocycles. The molecule has 0 aliphatic carbocycles. The Hall–Kier alpha value is -4.14. The minimum atomic E-state index is -0.951. The van der Waals surface area contributed by atoms with E-state index in [2.05, 4.69) is 9.97 Å². The molecular formula is C31H22ClFN2O4S. The molecule has 40 heavy (non-hydrogen) atoms. The Balaban J connectivity index is 1.29. The van der Waals surface area contributed by atoms with Gasteiger partial charge in [0.05, 0.1) is 32.7 Å². The number of halogens is 2. The molecular weight excluding hydrogens is 551 g/mol. The number of fused-ring (bicyclic) bond motifs is 3. The molecule has 3 heterocycles. The van der Waals surface area contributed by atoms with Crippen molar-refractivity contribution in [2.24, 2.45) is 0 Å². The third-order valence-electron chi connectivity index (χ3n) is 6.66. The first-order valence-corrected chi connectivity index (χ1v) is 13.9. The Kier molecular flexibility index (Phi) is 7.28. The van der Waals surface area contributed by atoms with Crippen molar-refractivity contribution in [2.75, 3.05) is 0 Å². The maximum Gasteiger partial charge on any atom is 0.335 e. The van der Waals surface area contributed by atoms with Crippen LogP contribution in [-0.4, -0.2) is 21.0 Å². The van der Waals surface area contributed by atoms with Crippen LogP contribution in [0.1, 0.15) is 43.7 Å². The topological polar surface area (TPSA) is 81.5 Å². The van der Waals surface area contributed by atoms with Crippen LogP contribution in [0.15, 0.2) is 85.1 Å². The van der Waals surface area contributed by atoms with Crippen LogP contribution >= 0.6 is 23.4 Å². The van der Waals surface area contributed by atoms with Gasteiger partial charge in [0.1, 0.15) is 30.5 Å². The van der Waals surface area contributed by atoms with Crippen molar-refractivity contribution < 1.29 is 23.8 Å². The molecule has 200 valence electrons. The van der Waals surface area contributed by atoms with Gasteiger partial charge in [-0.15, -0.1) is 11.8 Å². The van der Waals surface area contributed by atoms with Crippen LogP contribution in [0.3, 0.4) is 0 Å². The van der Waals surface area contributed by atoms with E-state index in [-0.39, 0.29) is 22.4 Å². The monoisotopic (exact) mass is 572 g/mol. The van der Waals surface area contributed by atoms with Gasteiger partial charge >= 0.3 is 5.97 Å². The zero-order valence-corrected chi connectivity index (χ0v) is 22.6. The second-order valence-electron chi connectivity index (χ2n) is 9.23. The van der Waals surface area contributed by atoms with E-state index >= 15 is 0 Å². The number of hydrogen-bond donors (Lipinski definition) is 1. The number of nitrogens with zero attached hydrogens (tertiary/aromatic N) is 2. The molecule has 1 aliphatic rings. The first-order chi connectivity index (χ1) is 19.5. The largest absolute Gasteiger partial charge is 0.487 e. The molecule has 1 aliphatic heterocycles. The Bertz CT molecular complexity index is 1750. The summed E-state index contributed by atoms with van der Waals surface area (Å²) in [7, 11) is 0. The van der Waals surface area contributed by atoms with Crippen molar-refractivity contribution in [1.82, 2.24) is 9.97 Å². The standard InChI is InChI=1S/C31H22ClFN2O4S/c32-25-14-27-18(12-26(25)33)7-8-20(35-27)15-38-21-9-10-29-24(13-21)30(23-6-3-11-34-28(23)16-39-29)40-17-19-4-1-2-5-22(19)31(36)37/h1-14,30H,15-17H2,(H,36,37). The molecule has 6 rings (SSSR count). The fourth-order valence-electron chi connectivity index (χ4n) is 4.68. The van der Waals surface area contributed by atoms with Gasteiger partial charge in [0, 0.05) is 22.9 Å². The molecule has 3 aromatic carbocycles. The number of carboxylic acid groups (broad SMARTS) is 1. The Morgan fingerprint density at radius 2 is 1.95 bits per heavy atom. The van der Waals surface area contributed by atoms with Gasteiger partial charge in [0.15, 0.2) is 0 Å². The van der Waals surface area contributed by atoms with Gasteiger partial charge in [0.2, 0.25) is 0 Å². The number of thioether (sulfide) groups is 1. The lowest BCUT2D eigenvalue weighted by atomic mass is 10.0. The summed E-state index contributed by atoms with van der Waals surface area (Å²) in [6, 6.07) is 23.1. The van der Waals surface area contributed by atoms with Crippen molar-refractivity contribution in [1.29, 1.82) is 0 Å². The van der Waals surface area contributed by atoms with Gasteiger partial charge in [-0.1, -0.05) is 41.9 Å². The summed E-state index contributed by atoms with van der Waals surface area (Å²) >= 11 is 7.55. The third-order valence-corrected chi connectivity index (χ3v) is 8.27. The Morgan fingerprint density at radius 3 is 2.83 bits per heavy atom. The van der Waals surface area contributed by atoms with Crippen LogP contribution in [0, 0.1) is 5.82 Å². The molecule has 0 radical (unpaired) electrons. The number of pyridine rings is 2. The highest BCUT2D eigenvalue weighted by atomic mass is 35.5. The van der Waals surface area contributed by atoms with E-state index in [0.29, 0.717) is 34.7 Å². The number of benzene rings is 3. The number of hydrogen-bond acceptors (Lipinski definition) is 6. The summed E-state index contributed by atoms with van der Waals surface area (Å²) in [6.45, 7) is 0.531. The zero-order valence-electron chi connectivity index (χ0n) is 21.0. The average Bonchev–Trinajstić information content (AvgIpc) is 3.12. The van der Waals surface area contributed by atoms with Crippen LogP contribution < -0.4 is 9.47 Å². The Morgan fingerprint density at radius 1 is 1.07 bits per heavy atom. The highest BCUT2D eigenvalue weighted by Crippen LogP contribution is 2.46. The second kappa shape index (κ2) is 11.2. The predicted molar refractivity (Wildman–Crippen MR) is 153 cm³/mol. The molecule has 0 fully saturated rings. The van der Waals surface area contributed by atoms with Gasteiger partial charge in [-0.05, 0) is 59.7 Å². The molecule has 1 unspecified atom stereocenters. The molecule has 9 heteroatoms. The summed E-state index contributed by atoms with van der Waals surface area (Å²) in [5, 5.41) is 10.2. The number of carbonyl (C=O) groups is 1. The van der Waals surface area contributed by atoms with Gasteiger partial charge in [-0.25, -0.2) is 14.2 Å². The molecule has 0 amide bonds. The molecule has 2 aromatic heterocycles. The highest BCUT2D eigenvalue weighted by molar-refractivity contribution is 7.99. The van der Waals surface area contributed by atoms with E-state index in [4.69, 9.17) is 21.1 Å². The lowest BCUT2D eigenvalue weighted by Crippen LogP contribution is -2.05. The van der Waals surface area contributed by atoms with Crippen LogP contribution in [0.25, 0.3) is 10.9 Å². The van der Waals surface area contributed by atoms with Crippen molar-refractivity contribution in [3.8, 4) is 11.5 Å². The molecule has 5 aromatic rings. The Labute approximate surface area is 238 Å². The highest BCUT2D eigenvalue weighted by Gasteiger charge is 2.27. The van der Waals surface area contributed by atoms with E-state index in [0.717, 1.165) is 28.1 Å². The average molecular weight is 573 g/mol. The smallest absolute Gasteiger partial charge is 0.335 e. The zero-order chi connectivity index (χ0) is 27.6. The molecule has 0 spiro atoms. The van der Waals surface area contributed by atoms with Crippen LogP contribution in [0.5, 0.6) is 11.5 Å². The second-order valence-corrected chi connectivity index (χ2v) is 10.7. The minimum Gasteiger partial charge on any atom is -0.487 e. The maximum absolute atomic E-state index is 13.8. The fraction of sp³-hybridized carbons (Fsp3) is 0.129. The number of carboxylic acids is 1. The van der Waals surface area contributed by atoms with E-state index in [1.807, 2.05) is 42.5 Å². The summed E-state index contributed by atoms with van der Waals surface area (Å²) in [4.78, 5) is 20.9. The summed E-state index contributed by atoms with van der Waals surface area (Å²) in [6.07, 6.45) is 1.74. The normalized spacial score (nSPS) is 14.1. The first kappa shape index (κ1) is 26.1. The lowest BCUT2D eigenvalue weighted by molar-refractivity contribution is 0.0696. The van der Waals surface area contributed by atoms with Crippen LogP contribution in [0.2, 0.25) is 5.02 Å². The van der Waals surface area contributed by atoms with Crippen LogP contribution in [0.4, 0.5) is 4.39 Å². The van der Waals surface area contributed by atoms with Crippen molar-refractivity contribution in [3.63, 3.8) is 0 Å². The van der Waals surface area contributed by atoms with Gasteiger partial charge in [0.25, 0.3) is 0 Å². The molecule has 0 bridgehead atoms. The summed E-state index contributed by atoms with van der Waals surface area (Å²) in [5.74, 6) is 0.395. The van der Waals surface area contributed by atoms with Crippen molar-refractivity contribution in [3.05, 3.63) is 130 Å². The first-order valence-electron chi connectivity index (χ1n) is 12.5. The number of ether oxygens (including phenoxy) is 2. The SMILES string of the molecule is O=C(O)c1ccccc1CSC1c2cc(OCc3ccc4cc(F)c(Cl)cc4n3)ccc2OCc2ncccc21. The predicted octanol–water partition coefficient (Wildman–Crippen LogP) is 7.61. The molecule has 0 saturated carbocycles.